The van der Waals surface area contributed by atoms with Crippen LogP contribution in [0.5, 0.6) is 5.75 Å². The Morgan fingerprint density at radius 2 is 1.70 bits per heavy atom. The highest BCUT2D eigenvalue weighted by atomic mass is 16.3. The molecule has 0 aliphatic heterocycles. The minimum atomic E-state index is -0.281. The van der Waals surface area contributed by atoms with E-state index in [-0.39, 0.29) is 6.04 Å². The highest BCUT2D eigenvalue weighted by molar-refractivity contribution is 5.44. The van der Waals surface area contributed by atoms with E-state index in [1.54, 1.807) is 0 Å². The maximum Gasteiger partial charge on any atom is 0.121 e. The second-order valence-electron chi connectivity index (χ2n) is 5.92. The normalized spacial score (nSPS) is 18.2. The molecular weight excluding hydrogens is 248 g/mol. The number of nitriles is 1. The van der Waals surface area contributed by atoms with Crippen LogP contribution in [0.15, 0.2) is 12.1 Å². The number of aryl methyl sites for hydroxylation is 2. The summed E-state index contributed by atoms with van der Waals surface area (Å²) in [6.45, 7) is 3.76. The molecule has 0 bridgehead atoms. The largest absolute Gasteiger partial charge is 0.507 e. The third-order valence-electron chi connectivity index (χ3n) is 4.23. The Bertz CT molecular complexity index is 473. The first kappa shape index (κ1) is 14.9. The number of hydrogen-bond acceptors (Lipinski definition) is 3. The first-order valence-corrected chi connectivity index (χ1v) is 7.57. The van der Waals surface area contributed by atoms with Crippen LogP contribution in [-0.4, -0.2) is 11.1 Å². The van der Waals surface area contributed by atoms with Crippen molar-refractivity contribution in [2.45, 2.75) is 64.5 Å². The molecule has 1 aliphatic rings. The molecule has 1 atom stereocenters. The second kappa shape index (κ2) is 6.76. The molecule has 0 spiro atoms. The highest BCUT2D eigenvalue weighted by Gasteiger charge is 2.19. The maximum absolute atomic E-state index is 9.84. The van der Waals surface area contributed by atoms with Crippen LogP contribution in [0.4, 0.5) is 0 Å². The number of phenolic OH excluding ortho intramolecular Hbond substituents is 1. The lowest BCUT2D eigenvalue weighted by Gasteiger charge is -2.21. The van der Waals surface area contributed by atoms with Gasteiger partial charge in [0.25, 0.3) is 0 Å². The van der Waals surface area contributed by atoms with Crippen LogP contribution in [0.2, 0.25) is 0 Å². The van der Waals surface area contributed by atoms with Gasteiger partial charge in [0.05, 0.1) is 6.07 Å². The number of benzene rings is 1. The summed E-state index contributed by atoms with van der Waals surface area (Å²) in [5.41, 5.74) is 2.63. The van der Waals surface area contributed by atoms with Crippen LogP contribution in [0, 0.1) is 25.2 Å². The molecule has 0 heterocycles. The Morgan fingerprint density at radius 3 is 2.20 bits per heavy atom. The van der Waals surface area contributed by atoms with Crippen molar-refractivity contribution in [1.29, 1.82) is 5.26 Å². The zero-order chi connectivity index (χ0) is 14.5. The molecule has 2 N–H and O–H groups in total. The van der Waals surface area contributed by atoms with Gasteiger partial charge >= 0.3 is 0 Å². The number of phenols is 1. The predicted octanol–water partition coefficient (Wildman–Crippen LogP) is 3.89. The summed E-state index contributed by atoms with van der Waals surface area (Å²) in [7, 11) is 0. The molecule has 1 aliphatic carbocycles. The number of nitrogens with one attached hydrogen (secondary N) is 1. The molecule has 1 aromatic carbocycles. The molecule has 20 heavy (non-hydrogen) atoms. The molecule has 0 amide bonds. The molecule has 3 nitrogen and oxygen atoms in total. The molecule has 0 saturated heterocycles. The lowest BCUT2D eigenvalue weighted by Crippen LogP contribution is -2.31. The molecule has 1 fully saturated rings. The fraction of sp³-hybridized carbons (Fsp3) is 0.588. The lowest BCUT2D eigenvalue weighted by atomic mass is 9.99. The van der Waals surface area contributed by atoms with Crippen LogP contribution in [0.3, 0.4) is 0 Å². The quantitative estimate of drug-likeness (QED) is 0.821. The van der Waals surface area contributed by atoms with Crippen LogP contribution < -0.4 is 5.32 Å². The maximum atomic E-state index is 9.84. The third-order valence-corrected chi connectivity index (χ3v) is 4.23. The van der Waals surface area contributed by atoms with Gasteiger partial charge in [0.2, 0.25) is 0 Å². The average molecular weight is 272 g/mol. The van der Waals surface area contributed by atoms with E-state index in [9.17, 15) is 10.4 Å². The van der Waals surface area contributed by atoms with Gasteiger partial charge in [0, 0.05) is 6.04 Å². The molecule has 0 aromatic heterocycles. The van der Waals surface area contributed by atoms with Gasteiger partial charge in [-0.05, 0) is 55.5 Å². The summed E-state index contributed by atoms with van der Waals surface area (Å²) < 4.78 is 0. The van der Waals surface area contributed by atoms with Crippen molar-refractivity contribution in [2.75, 3.05) is 0 Å². The Kier molecular flexibility index (Phi) is 5.03. The van der Waals surface area contributed by atoms with E-state index in [1.165, 1.54) is 25.7 Å². The van der Waals surface area contributed by atoms with Gasteiger partial charge in [-0.1, -0.05) is 25.7 Å². The number of aromatic hydroxyl groups is 1. The van der Waals surface area contributed by atoms with Crippen molar-refractivity contribution in [3.05, 3.63) is 28.8 Å². The van der Waals surface area contributed by atoms with Gasteiger partial charge in [-0.25, -0.2) is 0 Å². The van der Waals surface area contributed by atoms with Crippen LogP contribution >= 0.6 is 0 Å². The van der Waals surface area contributed by atoms with Crippen molar-refractivity contribution >= 4 is 0 Å². The van der Waals surface area contributed by atoms with E-state index in [0.29, 0.717) is 11.8 Å². The summed E-state index contributed by atoms with van der Waals surface area (Å²) in [5.74, 6) is 0.333. The number of rotatable bonds is 3. The van der Waals surface area contributed by atoms with Crippen molar-refractivity contribution < 1.29 is 5.11 Å². The molecule has 108 valence electrons. The standard InChI is InChI=1S/C17H24N2O/c1-12-9-14(10-13(2)17(12)20)16(11-18)19-15-7-5-3-4-6-8-15/h9-10,15-16,19-20H,3-8H2,1-2H3. The van der Waals surface area contributed by atoms with E-state index in [4.69, 9.17) is 0 Å². The highest BCUT2D eigenvalue weighted by Crippen LogP contribution is 2.27. The monoisotopic (exact) mass is 272 g/mol. The van der Waals surface area contributed by atoms with Crippen LogP contribution in [0.25, 0.3) is 0 Å². The molecule has 1 aromatic rings. The summed E-state index contributed by atoms with van der Waals surface area (Å²) in [6.07, 6.45) is 7.45. The topological polar surface area (TPSA) is 56.0 Å². The Hall–Kier alpha value is -1.53. The van der Waals surface area contributed by atoms with E-state index in [1.807, 2.05) is 26.0 Å². The van der Waals surface area contributed by atoms with Gasteiger partial charge in [0.1, 0.15) is 11.8 Å². The molecule has 1 unspecified atom stereocenters. The summed E-state index contributed by atoms with van der Waals surface area (Å²) in [6, 6.07) is 6.36. The summed E-state index contributed by atoms with van der Waals surface area (Å²) in [5, 5.41) is 22.8. The summed E-state index contributed by atoms with van der Waals surface area (Å²) in [4.78, 5) is 0. The van der Waals surface area contributed by atoms with Crippen molar-refractivity contribution in [1.82, 2.24) is 5.32 Å². The summed E-state index contributed by atoms with van der Waals surface area (Å²) >= 11 is 0. The van der Waals surface area contributed by atoms with Gasteiger partial charge < -0.3 is 5.11 Å². The zero-order valence-corrected chi connectivity index (χ0v) is 12.4. The predicted molar refractivity (Wildman–Crippen MR) is 80.6 cm³/mol. The van der Waals surface area contributed by atoms with Crippen molar-refractivity contribution in [3.63, 3.8) is 0 Å². The first-order chi connectivity index (χ1) is 9.61. The fourth-order valence-corrected chi connectivity index (χ4v) is 3.05. The molecule has 0 radical (unpaired) electrons. The SMILES string of the molecule is Cc1cc(C(C#N)NC2CCCCCC2)cc(C)c1O. The Labute approximate surface area is 121 Å². The van der Waals surface area contributed by atoms with Crippen molar-refractivity contribution in [3.8, 4) is 11.8 Å². The minimum absolute atomic E-state index is 0.281. The zero-order valence-electron chi connectivity index (χ0n) is 12.4. The van der Waals surface area contributed by atoms with E-state index in [0.717, 1.165) is 29.5 Å². The number of hydrogen-bond donors (Lipinski definition) is 2. The van der Waals surface area contributed by atoms with E-state index in [2.05, 4.69) is 11.4 Å². The second-order valence-corrected chi connectivity index (χ2v) is 5.92. The van der Waals surface area contributed by atoms with E-state index >= 15 is 0 Å². The molecular formula is C17H24N2O. The number of nitrogens with zero attached hydrogens (tertiary/aromatic N) is 1. The van der Waals surface area contributed by atoms with Gasteiger partial charge in [-0.15, -0.1) is 0 Å². The Morgan fingerprint density at radius 1 is 1.15 bits per heavy atom. The van der Waals surface area contributed by atoms with Crippen molar-refractivity contribution in [2.24, 2.45) is 0 Å². The molecule has 3 heteroatoms. The van der Waals surface area contributed by atoms with Crippen LogP contribution in [0.1, 0.15) is 61.3 Å². The average Bonchev–Trinajstić information content (AvgIpc) is 2.70. The first-order valence-electron chi connectivity index (χ1n) is 7.57. The smallest absolute Gasteiger partial charge is 0.121 e. The van der Waals surface area contributed by atoms with Gasteiger partial charge in [-0.3, -0.25) is 5.32 Å². The third kappa shape index (κ3) is 3.52. The van der Waals surface area contributed by atoms with E-state index < -0.39 is 0 Å². The molecule has 2 rings (SSSR count). The van der Waals surface area contributed by atoms with Crippen LogP contribution in [-0.2, 0) is 0 Å². The van der Waals surface area contributed by atoms with Gasteiger partial charge in [-0.2, -0.15) is 5.26 Å². The van der Waals surface area contributed by atoms with Gasteiger partial charge in [0.15, 0.2) is 0 Å². The minimum Gasteiger partial charge on any atom is -0.507 e. The lowest BCUT2D eigenvalue weighted by molar-refractivity contribution is 0.435. The molecule has 1 saturated carbocycles. The fourth-order valence-electron chi connectivity index (χ4n) is 3.05. The Balaban J connectivity index is 2.13.